The minimum Gasteiger partial charge on any atom is -0.348 e. The van der Waals surface area contributed by atoms with Gasteiger partial charge in [-0.25, -0.2) is 4.68 Å². The van der Waals surface area contributed by atoms with Crippen molar-refractivity contribution in [1.82, 2.24) is 20.1 Å². The Bertz CT molecular complexity index is 970. The highest BCUT2D eigenvalue weighted by Crippen LogP contribution is 2.43. The molecule has 0 atom stereocenters. The van der Waals surface area contributed by atoms with E-state index in [1.165, 1.54) is 5.56 Å². The zero-order valence-electron chi connectivity index (χ0n) is 16.6. The molecule has 4 rings (SSSR count). The molecular formula is C23H26N4O. The molecule has 1 aromatic carbocycles. The lowest BCUT2D eigenvalue weighted by Crippen LogP contribution is -2.25. The van der Waals surface area contributed by atoms with Gasteiger partial charge in [0.1, 0.15) is 0 Å². The summed E-state index contributed by atoms with van der Waals surface area (Å²) in [5.41, 5.74) is 5.87. The van der Waals surface area contributed by atoms with Crippen molar-refractivity contribution in [2.75, 3.05) is 0 Å². The summed E-state index contributed by atoms with van der Waals surface area (Å²) in [7, 11) is 0. The van der Waals surface area contributed by atoms with E-state index in [9.17, 15) is 4.79 Å². The SMILES string of the molecule is Cc1ccc(-n2nc(C3CC3)c(C(=O)NCc3cccnc3)c2C(C)C)cc1. The summed E-state index contributed by atoms with van der Waals surface area (Å²) in [5, 5.41) is 7.99. The minimum atomic E-state index is -0.0483. The second kappa shape index (κ2) is 7.58. The van der Waals surface area contributed by atoms with Gasteiger partial charge in [0.15, 0.2) is 0 Å². The molecule has 3 aromatic rings. The fourth-order valence-electron chi connectivity index (χ4n) is 3.51. The Morgan fingerprint density at radius 2 is 1.96 bits per heavy atom. The molecule has 1 amide bonds. The van der Waals surface area contributed by atoms with Gasteiger partial charge in [0.25, 0.3) is 5.91 Å². The summed E-state index contributed by atoms with van der Waals surface area (Å²) in [6.45, 7) is 6.78. The summed E-state index contributed by atoms with van der Waals surface area (Å²) >= 11 is 0. The highest BCUT2D eigenvalue weighted by atomic mass is 16.1. The van der Waals surface area contributed by atoms with Crippen LogP contribution in [0.4, 0.5) is 0 Å². The van der Waals surface area contributed by atoms with Crippen molar-refractivity contribution in [3.63, 3.8) is 0 Å². The molecule has 2 aromatic heterocycles. The first-order chi connectivity index (χ1) is 13.5. The third-order valence-corrected chi connectivity index (χ3v) is 5.14. The van der Waals surface area contributed by atoms with Gasteiger partial charge in [0, 0.05) is 24.9 Å². The molecule has 1 aliphatic rings. The fraction of sp³-hybridized carbons (Fsp3) is 0.348. The Kier molecular flexibility index (Phi) is 4.99. The number of amides is 1. The number of benzene rings is 1. The van der Waals surface area contributed by atoms with Crippen molar-refractivity contribution in [3.8, 4) is 5.69 Å². The van der Waals surface area contributed by atoms with Crippen LogP contribution >= 0.6 is 0 Å². The van der Waals surface area contributed by atoms with Gasteiger partial charge in [0.05, 0.1) is 22.6 Å². The Morgan fingerprint density at radius 1 is 1.21 bits per heavy atom. The number of rotatable bonds is 6. The quantitative estimate of drug-likeness (QED) is 0.691. The van der Waals surface area contributed by atoms with E-state index < -0.39 is 0 Å². The highest BCUT2D eigenvalue weighted by molar-refractivity contribution is 5.97. The normalized spacial score (nSPS) is 13.7. The predicted molar refractivity (Wildman–Crippen MR) is 110 cm³/mol. The number of hydrogen-bond acceptors (Lipinski definition) is 3. The summed E-state index contributed by atoms with van der Waals surface area (Å²) < 4.78 is 1.97. The molecule has 0 radical (unpaired) electrons. The third kappa shape index (κ3) is 3.70. The van der Waals surface area contributed by atoms with Gasteiger partial charge in [-0.3, -0.25) is 9.78 Å². The number of carbonyl (C=O) groups excluding carboxylic acids is 1. The number of pyridine rings is 1. The predicted octanol–water partition coefficient (Wildman–Crippen LogP) is 4.51. The number of nitrogens with zero attached hydrogens (tertiary/aromatic N) is 3. The zero-order chi connectivity index (χ0) is 19.7. The van der Waals surface area contributed by atoms with Crippen LogP contribution in [0.15, 0.2) is 48.8 Å². The topological polar surface area (TPSA) is 59.8 Å². The van der Waals surface area contributed by atoms with Crippen molar-refractivity contribution in [3.05, 3.63) is 76.9 Å². The van der Waals surface area contributed by atoms with Crippen molar-refractivity contribution >= 4 is 5.91 Å². The molecule has 1 N–H and O–H groups in total. The molecule has 2 heterocycles. The number of carbonyl (C=O) groups is 1. The molecule has 0 bridgehead atoms. The molecule has 0 unspecified atom stereocenters. The van der Waals surface area contributed by atoms with Gasteiger partial charge in [-0.2, -0.15) is 5.10 Å². The first-order valence-corrected chi connectivity index (χ1v) is 9.91. The Labute approximate surface area is 165 Å². The summed E-state index contributed by atoms with van der Waals surface area (Å²) in [6, 6.07) is 12.2. The van der Waals surface area contributed by atoms with E-state index in [1.807, 2.05) is 16.8 Å². The second-order valence-electron chi connectivity index (χ2n) is 7.87. The van der Waals surface area contributed by atoms with Crippen LogP contribution in [0.25, 0.3) is 5.69 Å². The van der Waals surface area contributed by atoms with E-state index in [0.29, 0.717) is 12.5 Å². The molecule has 5 heteroatoms. The average Bonchev–Trinajstić information content (AvgIpc) is 3.46. The number of aryl methyl sites for hydroxylation is 1. The van der Waals surface area contributed by atoms with Gasteiger partial charge in [-0.1, -0.05) is 37.6 Å². The lowest BCUT2D eigenvalue weighted by atomic mass is 10.0. The fourth-order valence-corrected chi connectivity index (χ4v) is 3.51. The molecule has 0 saturated heterocycles. The molecule has 28 heavy (non-hydrogen) atoms. The summed E-state index contributed by atoms with van der Waals surface area (Å²) in [6.07, 6.45) is 5.72. The van der Waals surface area contributed by atoms with Crippen molar-refractivity contribution in [2.24, 2.45) is 0 Å². The maximum Gasteiger partial charge on any atom is 0.255 e. The van der Waals surface area contributed by atoms with Crippen LogP contribution in [-0.2, 0) is 6.54 Å². The Hall–Kier alpha value is -2.95. The van der Waals surface area contributed by atoms with Crippen molar-refractivity contribution < 1.29 is 4.79 Å². The monoisotopic (exact) mass is 374 g/mol. The average molecular weight is 374 g/mol. The van der Waals surface area contributed by atoms with E-state index in [2.05, 4.69) is 55.3 Å². The van der Waals surface area contributed by atoms with Crippen LogP contribution < -0.4 is 5.32 Å². The van der Waals surface area contributed by atoms with E-state index in [4.69, 9.17) is 5.10 Å². The maximum atomic E-state index is 13.2. The van der Waals surface area contributed by atoms with Gasteiger partial charge < -0.3 is 5.32 Å². The Balaban J connectivity index is 1.72. The standard InChI is InChI=1S/C23H26N4O/c1-15(2)22-20(23(28)25-14-17-5-4-12-24-13-17)21(18-8-9-18)26-27(22)19-10-6-16(3)7-11-19/h4-7,10-13,15,18H,8-9,14H2,1-3H3,(H,25,28). The van der Waals surface area contributed by atoms with Crippen LogP contribution in [0, 0.1) is 6.92 Å². The summed E-state index contributed by atoms with van der Waals surface area (Å²) in [5.74, 6) is 0.525. The van der Waals surface area contributed by atoms with E-state index >= 15 is 0 Å². The maximum absolute atomic E-state index is 13.2. The zero-order valence-corrected chi connectivity index (χ0v) is 16.6. The number of aromatic nitrogens is 3. The van der Waals surface area contributed by atoms with Crippen LogP contribution in [0.3, 0.4) is 0 Å². The molecule has 1 fully saturated rings. The van der Waals surface area contributed by atoms with Gasteiger partial charge in [-0.15, -0.1) is 0 Å². The molecule has 5 nitrogen and oxygen atoms in total. The van der Waals surface area contributed by atoms with Crippen LogP contribution in [-0.4, -0.2) is 20.7 Å². The van der Waals surface area contributed by atoms with E-state index in [1.54, 1.807) is 12.4 Å². The highest BCUT2D eigenvalue weighted by Gasteiger charge is 2.35. The largest absolute Gasteiger partial charge is 0.348 e. The van der Waals surface area contributed by atoms with Gasteiger partial charge in [0.2, 0.25) is 0 Å². The Morgan fingerprint density at radius 3 is 2.57 bits per heavy atom. The lowest BCUT2D eigenvalue weighted by Gasteiger charge is -2.13. The van der Waals surface area contributed by atoms with Gasteiger partial charge >= 0.3 is 0 Å². The molecule has 1 aliphatic carbocycles. The number of nitrogens with one attached hydrogen (secondary N) is 1. The van der Waals surface area contributed by atoms with Crippen LogP contribution in [0.5, 0.6) is 0 Å². The third-order valence-electron chi connectivity index (χ3n) is 5.14. The molecular weight excluding hydrogens is 348 g/mol. The number of hydrogen-bond donors (Lipinski definition) is 1. The summed E-state index contributed by atoms with van der Waals surface area (Å²) in [4.78, 5) is 17.3. The minimum absolute atomic E-state index is 0.0483. The van der Waals surface area contributed by atoms with Crippen molar-refractivity contribution in [2.45, 2.75) is 52.0 Å². The van der Waals surface area contributed by atoms with E-state index in [-0.39, 0.29) is 11.8 Å². The molecule has 144 valence electrons. The second-order valence-corrected chi connectivity index (χ2v) is 7.87. The van der Waals surface area contributed by atoms with E-state index in [0.717, 1.165) is 41.0 Å². The van der Waals surface area contributed by atoms with Crippen molar-refractivity contribution in [1.29, 1.82) is 0 Å². The lowest BCUT2D eigenvalue weighted by molar-refractivity contribution is 0.0948. The molecule has 0 aliphatic heterocycles. The smallest absolute Gasteiger partial charge is 0.255 e. The molecule has 0 spiro atoms. The van der Waals surface area contributed by atoms with Crippen LogP contribution in [0.1, 0.15) is 71.4 Å². The van der Waals surface area contributed by atoms with Crippen LogP contribution in [0.2, 0.25) is 0 Å². The first kappa shape index (κ1) is 18.4. The first-order valence-electron chi connectivity index (χ1n) is 9.91. The molecule has 1 saturated carbocycles. The van der Waals surface area contributed by atoms with Gasteiger partial charge in [-0.05, 0) is 49.4 Å².